The van der Waals surface area contributed by atoms with Crippen molar-refractivity contribution in [3.63, 3.8) is 0 Å². The average molecular weight is 359 g/mol. The Bertz CT molecular complexity index is 864. The molecule has 2 aromatic heterocycles. The Hall–Kier alpha value is -2.88. The van der Waals surface area contributed by atoms with E-state index in [0.29, 0.717) is 5.92 Å². The minimum atomic E-state index is 0.544. The Morgan fingerprint density at radius 1 is 0.926 bits per heavy atom. The zero-order valence-corrected chi connectivity index (χ0v) is 15.6. The highest BCUT2D eigenvalue weighted by molar-refractivity contribution is 5.57. The third-order valence-electron chi connectivity index (χ3n) is 5.18. The third-order valence-corrected chi connectivity index (χ3v) is 5.18. The molecule has 138 valence electrons. The highest BCUT2D eigenvalue weighted by Crippen LogP contribution is 2.40. The molecule has 4 rings (SSSR count). The summed E-state index contributed by atoms with van der Waals surface area (Å²) < 4.78 is 6.15. The standard InChI is InChI=1S/C23H25N3O/c1-17-6-4-7-18(16-17)21-8-5-15-25-23(21)27-20-12-10-19(11-13-20)26-22-9-2-3-14-24-22/h2-3,5,8-15,17-18H,4,6-7,16H2,1H3,(H,24,26). The van der Waals surface area contributed by atoms with E-state index in [0.717, 1.165) is 29.1 Å². The summed E-state index contributed by atoms with van der Waals surface area (Å²) in [4.78, 5) is 8.80. The van der Waals surface area contributed by atoms with Gasteiger partial charge in [-0.25, -0.2) is 9.97 Å². The first kappa shape index (κ1) is 17.5. The molecule has 3 aromatic rings. The largest absolute Gasteiger partial charge is 0.439 e. The second-order valence-electron chi connectivity index (χ2n) is 7.33. The second-order valence-corrected chi connectivity index (χ2v) is 7.33. The molecule has 0 aliphatic heterocycles. The topological polar surface area (TPSA) is 47.0 Å². The van der Waals surface area contributed by atoms with E-state index in [2.05, 4.69) is 28.3 Å². The number of nitrogens with zero attached hydrogens (tertiary/aromatic N) is 2. The molecule has 1 aromatic carbocycles. The van der Waals surface area contributed by atoms with Gasteiger partial charge in [-0.3, -0.25) is 0 Å². The van der Waals surface area contributed by atoms with Gasteiger partial charge in [-0.15, -0.1) is 0 Å². The Morgan fingerprint density at radius 2 is 1.78 bits per heavy atom. The molecule has 2 unspecified atom stereocenters. The predicted molar refractivity (Wildman–Crippen MR) is 109 cm³/mol. The quantitative estimate of drug-likeness (QED) is 0.580. The number of hydrogen-bond acceptors (Lipinski definition) is 4. The highest BCUT2D eigenvalue weighted by Gasteiger charge is 2.23. The van der Waals surface area contributed by atoms with Crippen molar-refractivity contribution in [1.82, 2.24) is 9.97 Å². The van der Waals surface area contributed by atoms with Crippen LogP contribution in [0.4, 0.5) is 11.5 Å². The number of benzene rings is 1. The molecule has 0 amide bonds. The summed E-state index contributed by atoms with van der Waals surface area (Å²) in [5, 5.41) is 3.28. The molecule has 2 atom stereocenters. The third kappa shape index (κ3) is 4.45. The van der Waals surface area contributed by atoms with Gasteiger partial charge in [0.25, 0.3) is 0 Å². The lowest BCUT2D eigenvalue weighted by Crippen LogP contribution is -2.12. The molecular formula is C23H25N3O. The van der Waals surface area contributed by atoms with Gasteiger partial charge in [0.2, 0.25) is 5.88 Å². The lowest BCUT2D eigenvalue weighted by molar-refractivity contribution is 0.335. The molecule has 27 heavy (non-hydrogen) atoms. The fraction of sp³-hybridized carbons (Fsp3) is 0.304. The molecule has 0 spiro atoms. The van der Waals surface area contributed by atoms with Crippen molar-refractivity contribution in [3.8, 4) is 11.6 Å². The molecule has 0 radical (unpaired) electrons. The van der Waals surface area contributed by atoms with Gasteiger partial charge in [-0.05, 0) is 67.1 Å². The van der Waals surface area contributed by atoms with Gasteiger partial charge in [0.05, 0.1) is 0 Å². The summed E-state index contributed by atoms with van der Waals surface area (Å²) in [6.45, 7) is 2.34. The minimum absolute atomic E-state index is 0.544. The van der Waals surface area contributed by atoms with E-state index in [4.69, 9.17) is 4.74 Å². The number of aromatic nitrogens is 2. The molecule has 1 fully saturated rings. The van der Waals surface area contributed by atoms with Crippen molar-refractivity contribution < 1.29 is 4.74 Å². The van der Waals surface area contributed by atoms with Crippen LogP contribution in [0.25, 0.3) is 0 Å². The van der Waals surface area contributed by atoms with Crippen LogP contribution >= 0.6 is 0 Å². The molecule has 1 aliphatic rings. The van der Waals surface area contributed by atoms with E-state index in [-0.39, 0.29) is 0 Å². The second kappa shape index (κ2) is 8.21. The predicted octanol–water partition coefficient (Wildman–Crippen LogP) is 6.31. The Balaban J connectivity index is 1.48. The number of ether oxygens (including phenoxy) is 1. The van der Waals surface area contributed by atoms with E-state index in [1.165, 1.54) is 31.2 Å². The number of hydrogen-bond donors (Lipinski definition) is 1. The van der Waals surface area contributed by atoms with Gasteiger partial charge in [0.1, 0.15) is 11.6 Å². The van der Waals surface area contributed by atoms with Crippen molar-refractivity contribution >= 4 is 11.5 Å². The maximum atomic E-state index is 6.15. The summed E-state index contributed by atoms with van der Waals surface area (Å²) in [6.07, 6.45) is 8.64. The van der Waals surface area contributed by atoms with Gasteiger partial charge in [-0.1, -0.05) is 31.9 Å². The van der Waals surface area contributed by atoms with Gasteiger partial charge in [-0.2, -0.15) is 0 Å². The first-order valence-corrected chi connectivity index (χ1v) is 9.69. The summed E-state index contributed by atoms with van der Waals surface area (Å²) in [5.41, 5.74) is 2.21. The normalized spacial score (nSPS) is 19.4. The summed E-state index contributed by atoms with van der Waals surface area (Å²) in [6, 6.07) is 17.9. The van der Waals surface area contributed by atoms with Gasteiger partial charge in [0.15, 0.2) is 0 Å². The first-order valence-electron chi connectivity index (χ1n) is 9.69. The maximum Gasteiger partial charge on any atom is 0.222 e. The number of anilines is 2. The van der Waals surface area contributed by atoms with Crippen LogP contribution in [0.3, 0.4) is 0 Å². The van der Waals surface area contributed by atoms with Gasteiger partial charge >= 0.3 is 0 Å². The van der Waals surface area contributed by atoms with Crippen LogP contribution in [0, 0.1) is 5.92 Å². The molecular weight excluding hydrogens is 334 g/mol. The molecule has 1 aliphatic carbocycles. The Labute approximate surface area is 160 Å². The number of rotatable bonds is 5. The molecule has 1 saturated carbocycles. The number of nitrogens with one attached hydrogen (secondary N) is 1. The van der Waals surface area contributed by atoms with Crippen LogP contribution in [0.2, 0.25) is 0 Å². The van der Waals surface area contributed by atoms with Crippen molar-refractivity contribution in [2.45, 2.75) is 38.5 Å². The van der Waals surface area contributed by atoms with Crippen LogP contribution in [-0.4, -0.2) is 9.97 Å². The summed E-state index contributed by atoms with van der Waals surface area (Å²) in [7, 11) is 0. The van der Waals surface area contributed by atoms with Crippen LogP contribution in [0.1, 0.15) is 44.1 Å². The van der Waals surface area contributed by atoms with Gasteiger partial charge in [0, 0.05) is 23.6 Å². The van der Waals surface area contributed by atoms with Crippen LogP contribution < -0.4 is 10.1 Å². The lowest BCUT2D eigenvalue weighted by atomic mass is 9.79. The fourth-order valence-electron chi connectivity index (χ4n) is 3.82. The SMILES string of the molecule is CC1CCCC(c2cccnc2Oc2ccc(Nc3ccccn3)cc2)C1. The van der Waals surface area contributed by atoms with E-state index >= 15 is 0 Å². The molecule has 0 bridgehead atoms. The van der Waals surface area contributed by atoms with Crippen LogP contribution in [0.15, 0.2) is 67.0 Å². The minimum Gasteiger partial charge on any atom is -0.439 e. The van der Waals surface area contributed by atoms with Crippen LogP contribution in [-0.2, 0) is 0 Å². The summed E-state index contributed by atoms with van der Waals surface area (Å²) >= 11 is 0. The van der Waals surface area contributed by atoms with Crippen molar-refractivity contribution in [2.24, 2.45) is 5.92 Å². The maximum absolute atomic E-state index is 6.15. The van der Waals surface area contributed by atoms with E-state index in [9.17, 15) is 0 Å². The van der Waals surface area contributed by atoms with Gasteiger partial charge < -0.3 is 10.1 Å². The Kier molecular flexibility index (Phi) is 5.33. The van der Waals surface area contributed by atoms with Crippen LogP contribution in [0.5, 0.6) is 11.6 Å². The van der Waals surface area contributed by atoms with Crippen molar-refractivity contribution in [1.29, 1.82) is 0 Å². The lowest BCUT2D eigenvalue weighted by Gasteiger charge is -2.27. The summed E-state index contributed by atoms with van der Waals surface area (Å²) in [5.74, 6) is 3.67. The molecule has 2 heterocycles. The smallest absolute Gasteiger partial charge is 0.222 e. The number of pyridine rings is 2. The molecule has 4 nitrogen and oxygen atoms in total. The first-order chi connectivity index (χ1) is 13.3. The average Bonchev–Trinajstić information content (AvgIpc) is 2.71. The molecule has 0 saturated heterocycles. The zero-order valence-electron chi connectivity index (χ0n) is 15.6. The molecule has 1 N–H and O–H groups in total. The van der Waals surface area contributed by atoms with E-state index in [1.54, 1.807) is 6.20 Å². The monoisotopic (exact) mass is 359 g/mol. The Morgan fingerprint density at radius 3 is 2.56 bits per heavy atom. The molecule has 4 heteroatoms. The van der Waals surface area contributed by atoms with Crippen molar-refractivity contribution in [3.05, 3.63) is 72.6 Å². The highest BCUT2D eigenvalue weighted by atomic mass is 16.5. The van der Waals surface area contributed by atoms with E-state index in [1.807, 2.05) is 54.7 Å². The van der Waals surface area contributed by atoms with E-state index < -0.39 is 0 Å². The fourth-order valence-corrected chi connectivity index (χ4v) is 3.82. The van der Waals surface area contributed by atoms with Crippen molar-refractivity contribution in [2.75, 3.05) is 5.32 Å². The zero-order chi connectivity index (χ0) is 18.5.